The molecule has 10 atom stereocenters. The van der Waals surface area contributed by atoms with Crippen molar-refractivity contribution in [1.29, 1.82) is 0 Å². The smallest absolute Gasteiger partial charge is 0.315 e. The Morgan fingerprint density at radius 2 is 1.76 bits per heavy atom. The third kappa shape index (κ3) is 4.79. The molecule has 4 saturated carbocycles. The molecule has 2 saturated heterocycles. The van der Waals surface area contributed by atoms with Crippen LogP contribution in [0.2, 0.25) is 0 Å². The summed E-state index contributed by atoms with van der Waals surface area (Å²) < 4.78 is 7.54. The van der Waals surface area contributed by atoms with Gasteiger partial charge in [-0.3, -0.25) is 9.69 Å². The van der Waals surface area contributed by atoms with Crippen LogP contribution in [0, 0.1) is 57.7 Å². The van der Waals surface area contributed by atoms with E-state index in [0.29, 0.717) is 30.1 Å². The Morgan fingerprint density at radius 1 is 1.04 bits per heavy atom. The minimum absolute atomic E-state index is 0.101. The van der Waals surface area contributed by atoms with Gasteiger partial charge in [-0.05, 0) is 99.6 Å². The van der Waals surface area contributed by atoms with Crippen LogP contribution in [-0.4, -0.2) is 78.6 Å². The minimum Gasteiger partial charge on any atom is -0.481 e. The van der Waals surface area contributed by atoms with Crippen LogP contribution in [0.3, 0.4) is 0 Å². The first kappa shape index (κ1) is 33.3. The maximum absolute atomic E-state index is 14.2. The molecule has 3 unspecified atom stereocenters. The highest BCUT2D eigenvalue weighted by atomic mass is 16.5. The lowest BCUT2D eigenvalue weighted by molar-refractivity contribution is -0.197. The summed E-state index contributed by atoms with van der Waals surface area (Å²) in [7, 11) is 0. The molecule has 0 aromatic carbocycles. The second kappa shape index (κ2) is 12.9. The van der Waals surface area contributed by atoms with Gasteiger partial charge in [0.2, 0.25) is 0 Å². The standard InChI is InChI=1S/C40H64N2O4/c1-5-41(19-20-42-17-11-8-12-18-42)25-35-31(29-13-9-6-7-10-14-29)22-36(46-35)39-24-32-28(4)15-16-33(32)38(26-43)23-30(39)21-34(27(2)3)40(38,39)37(44)45/h21,26-33,35-36H,5-20,22-25H2,1-4H3,(H,44,45)/t28-,30?,31+,32-,33-,35+,36-,38?,39?,40+/m1/s1. The zero-order chi connectivity index (χ0) is 32.3. The van der Waals surface area contributed by atoms with E-state index in [0.717, 1.165) is 57.4 Å². The van der Waals surface area contributed by atoms with Crippen molar-refractivity contribution in [2.45, 2.75) is 130 Å². The fourth-order valence-corrected chi connectivity index (χ4v) is 13.5. The third-order valence-corrected chi connectivity index (χ3v) is 15.4. The molecular formula is C40H64N2O4. The Labute approximate surface area is 279 Å². The van der Waals surface area contributed by atoms with Crippen LogP contribution < -0.4 is 0 Å². The average Bonchev–Trinajstić information content (AvgIpc) is 3.70. The molecule has 6 fully saturated rings. The van der Waals surface area contributed by atoms with Crippen molar-refractivity contribution in [2.24, 2.45) is 57.7 Å². The summed E-state index contributed by atoms with van der Waals surface area (Å²) in [4.78, 5) is 33.2. The number of allylic oxidation sites excluding steroid dienone is 1. The highest BCUT2D eigenvalue weighted by Crippen LogP contribution is 2.84. The number of carbonyl (C=O) groups is 2. The number of hydrogen-bond donors (Lipinski definition) is 1. The minimum atomic E-state index is -1.14. The first-order chi connectivity index (χ1) is 22.2. The van der Waals surface area contributed by atoms with Crippen molar-refractivity contribution in [3.8, 4) is 0 Å². The van der Waals surface area contributed by atoms with Gasteiger partial charge >= 0.3 is 5.97 Å². The van der Waals surface area contributed by atoms with Gasteiger partial charge in [-0.15, -0.1) is 0 Å². The molecule has 4 bridgehead atoms. The molecule has 7 aliphatic rings. The van der Waals surface area contributed by atoms with Gasteiger partial charge in [-0.2, -0.15) is 0 Å². The lowest BCUT2D eigenvalue weighted by Crippen LogP contribution is -2.65. The maximum atomic E-state index is 14.2. The summed E-state index contributed by atoms with van der Waals surface area (Å²) in [6, 6.07) is 0. The zero-order valence-corrected chi connectivity index (χ0v) is 29.6. The summed E-state index contributed by atoms with van der Waals surface area (Å²) in [6.45, 7) is 15.7. The summed E-state index contributed by atoms with van der Waals surface area (Å²) in [6.07, 6.45) is 20.2. The van der Waals surface area contributed by atoms with E-state index in [2.05, 4.69) is 43.6 Å². The van der Waals surface area contributed by atoms with Crippen molar-refractivity contribution >= 4 is 12.3 Å². The lowest BCUT2D eigenvalue weighted by Gasteiger charge is -2.60. The van der Waals surface area contributed by atoms with Crippen LogP contribution in [0.4, 0.5) is 0 Å². The zero-order valence-electron chi connectivity index (χ0n) is 29.6. The summed E-state index contributed by atoms with van der Waals surface area (Å²) in [5, 5.41) is 11.7. The van der Waals surface area contributed by atoms with Gasteiger partial charge in [0.15, 0.2) is 0 Å². The van der Waals surface area contributed by atoms with E-state index in [-0.39, 0.29) is 30.0 Å². The van der Waals surface area contributed by atoms with Crippen LogP contribution in [0.25, 0.3) is 0 Å². The summed E-state index contributed by atoms with van der Waals surface area (Å²) in [5.41, 5.74) is -1.43. The number of ether oxygens (including phenoxy) is 1. The SMILES string of the molecule is CCN(CCN1CCCCC1)C[C@@H]1O[C@@H](C23C[C@@H]4[C@H](C)CC[C@H]4C4(C=O)CC2C=C(C(C)C)[C@]43C(=O)O)C[C@H]1C1CCCCCC1. The van der Waals surface area contributed by atoms with Crippen molar-refractivity contribution in [3.05, 3.63) is 11.6 Å². The van der Waals surface area contributed by atoms with Crippen molar-refractivity contribution in [3.63, 3.8) is 0 Å². The molecule has 6 nitrogen and oxygen atoms in total. The first-order valence-electron chi connectivity index (χ1n) is 19.8. The Morgan fingerprint density at radius 3 is 2.41 bits per heavy atom. The highest BCUT2D eigenvalue weighted by molar-refractivity contribution is 5.90. The summed E-state index contributed by atoms with van der Waals surface area (Å²) in [5.74, 6) is 1.75. The van der Waals surface area contributed by atoms with Gasteiger partial charge in [0, 0.05) is 25.0 Å². The van der Waals surface area contributed by atoms with Crippen LogP contribution in [0.5, 0.6) is 0 Å². The van der Waals surface area contributed by atoms with Gasteiger partial charge in [0.05, 0.1) is 17.6 Å². The normalized spacial score (nSPS) is 44.5. The Balaban J connectivity index is 1.25. The number of likely N-dealkylation sites (tertiary alicyclic amines) is 1. The topological polar surface area (TPSA) is 70.1 Å². The molecule has 46 heavy (non-hydrogen) atoms. The number of nitrogens with zero attached hydrogens (tertiary/aromatic N) is 2. The molecule has 7 rings (SSSR count). The second-order valence-electron chi connectivity index (χ2n) is 17.5. The van der Waals surface area contributed by atoms with Crippen LogP contribution in [0.15, 0.2) is 11.6 Å². The van der Waals surface area contributed by atoms with E-state index in [4.69, 9.17) is 4.74 Å². The molecule has 0 aromatic rings. The molecule has 5 aliphatic carbocycles. The van der Waals surface area contributed by atoms with Crippen LogP contribution >= 0.6 is 0 Å². The number of carboxylic acid groups (broad SMARTS) is 1. The van der Waals surface area contributed by atoms with E-state index in [1.165, 1.54) is 77.2 Å². The molecular weight excluding hydrogens is 572 g/mol. The highest BCUT2D eigenvalue weighted by Gasteiger charge is 2.86. The third-order valence-electron chi connectivity index (χ3n) is 15.4. The predicted octanol–water partition coefficient (Wildman–Crippen LogP) is 7.46. The molecule has 0 amide bonds. The van der Waals surface area contributed by atoms with Crippen molar-refractivity contribution in [2.75, 3.05) is 39.3 Å². The Bertz CT molecular complexity index is 1160. The second-order valence-corrected chi connectivity index (χ2v) is 17.5. The van der Waals surface area contributed by atoms with Crippen LogP contribution in [-0.2, 0) is 14.3 Å². The fourth-order valence-electron chi connectivity index (χ4n) is 13.5. The Kier molecular flexibility index (Phi) is 9.33. The number of hydrogen-bond acceptors (Lipinski definition) is 5. The van der Waals surface area contributed by atoms with Crippen LogP contribution in [0.1, 0.15) is 118 Å². The van der Waals surface area contributed by atoms with Crippen molar-refractivity contribution < 1.29 is 19.4 Å². The number of carbonyl (C=O) groups excluding carboxylic acids is 1. The van der Waals surface area contributed by atoms with Gasteiger partial charge < -0.3 is 19.5 Å². The van der Waals surface area contributed by atoms with E-state index >= 15 is 0 Å². The van der Waals surface area contributed by atoms with Crippen molar-refractivity contribution in [1.82, 2.24) is 9.80 Å². The number of rotatable bonds is 11. The maximum Gasteiger partial charge on any atom is 0.315 e. The van der Waals surface area contributed by atoms with Gasteiger partial charge in [-0.25, -0.2) is 0 Å². The van der Waals surface area contributed by atoms with E-state index in [9.17, 15) is 14.7 Å². The van der Waals surface area contributed by atoms with Gasteiger partial charge in [0.1, 0.15) is 11.7 Å². The number of piperidine rings is 1. The molecule has 2 aliphatic heterocycles. The fraction of sp³-hybridized carbons (Fsp3) is 0.900. The van der Waals surface area contributed by atoms with Gasteiger partial charge in [0.25, 0.3) is 0 Å². The molecule has 2 heterocycles. The predicted molar refractivity (Wildman–Crippen MR) is 182 cm³/mol. The number of aldehydes is 1. The molecule has 0 spiro atoms. The molecule has 6 heteroatoms. The number of likely N-dealkylation sites (N-methyl/N-ethyl adjacent to an activating group) is 1. The summed E-state index contributed by atoms with van der Waals surface area (Å²) >= 11 is 0. The Hall–Kier alpha value is -1.24. The average molecular weight is 637 g/mol. The van der Waals surface area contributed by atoms with E-state index in [1.807, 2.05) is 0 Å². The largest absolute Gasteiger partial charge is 0.481 e. The first-order valence-corrected chi connectivity index (χ1v) is 19.8. The van der Waals surface area contributed by atoms with Gasteiger partial charge in [-0.1, -0.05) is 90.7 Å². The molecule has 1 N–H and O–H groups in total. The lowest BCUT2D eigenvalue weighted by atomic mass is 9.41. The molecule has 258 valence electrons. The molecule has 0 aromatic heterocycles. The molecule has 0 radical (unpaired) electrons. The number of carboxylic acids is 1. The quantitative estimate of drug-likeness (QED) is 0.144. The number of aliphatic carboxylic acids is 1. The van der Waals surface area contributed by atoms with E-state index < -0.39 is 22.2 Å². The van der Waals surface area contributed by atoms with E-state index in [1.54, 1.807) is 0 Å². The monoisotopic (exact) mass is 636 g/mol. The number of fused-ring (bicyclic) bond motifs is 2.